The Morgan fingerprint density at radius 2 is 2.00 bits per heavy atom. The van der Waals surface area contributed by atoms with Gasteiger partial charge in [-0.1, -0.05) is 18.1 Å². The van der Waals surface area contributed by atoms with Gasteiger partial charge in [0.2, 0.25) is 0 Å². The Labute approximate surface area is 66.0 Å². The number of terminal acetylenes is 1. The molecular weight excluding hydrogens is 136 g/mol. The van der Waals surface area contributed by atoms with Gasteiger partial charge in [-0.15, -0.1) is 6.42 Å². The van der Waals surface area contributed by atoms with Crippen molar-refractivity contribution < 1.29 is 4.74 Å². The molecule has 1 saturated heterocycles. The third kappa shape index (κ3) is 1.26. The SMILES string of the molecule is C#Cc1ccc([C@@H]2CO2)cc1. The van der Waals surface area contributed by atoms with E-state index in [1.54, 1.807) is 0 Å². The largest absolute Gasteiger partial charge is 0.368 e. The lowest BCUT2D eigenvalue weighted by Crippen LogP contribution is -1.80. The van der Waals surface area contributed by atoms with Crippen LogP contribution in [0.4, 0.5) is 0 Å². The topological polar surface area (TPSA) is 12.5 Å². The molecule has 1 aromatic rings. The van der Waals surface area contributed by atoms with Crippen molar-refractivity contribution >= 4 is 0 Å². The third-order valence-corrected chi connectivity index (χ3v) is 1.78. The normalized spacial score (nSPS) is 20.8. The van der Waals surface area contributed by atoms with E-state index in [9.17, 15) is 0 Å². The summed E-state index contributed by atoms with van der Waals surface area (Å²) in [7, 11) is 0. The molecule has 0 saturated carbocycles. The lowest BCUT2D eigenvalue weighted by atomic mass is 10.1. The molecule has 1 atom stereocenters. The zero-order valence-corrected chi connectivity index (χ0v) is 6.08. The van der Waals surface area contributed by atoms with Crippen LogP contribution in [0.2, 0.25) is 0 Å². The summed E-state index contributed by atoms with van der Waals surface area (Å²) in [6, 6.07) is 7.92. The number of hydrogen-bond donors (Lipinski definition) is 0. The van der Waals surface area contributed by atoms with Crippen LogP contribution in [0.3, 0.4) is 0 Å². The molecule has 0 bridgehead atoms. The molecule has 0 unspecified atom stereocenters. The summed E-state index contributed by atoms with van der Waals surface area (Å²) in [5.74, 6) is 2.57. The second-order valence-corrected chi connectivity index (χ2v) is 2.59. The molecular formula is C10H8O. The van der Waals surface area contributed by atoms with Crippen molar-refractivity contribution in [1.29, 1.82) is 0 Å². The molecule has 0 aromatic heterocycles. The van der Waals surface area contributed by atoms with Crippen molar-refractivity contribution in [1.82, 2.24) is 0 Å². The van der Waals surface area contributed by atoms with E-state index < -0.39 is 0 Å². The molecule has 1 nitrogen and oxygen atoms in total. The van der Waals surface area contributed by atoms with Gasteiger partial charge in [0, 0.05) is 5.56 Å². The van der Waals surface area contributed by atoms with Crippen molar-refractivity contribution in [2.75, 3.05) is 6.61 Å². The van der Waals surface area contributed by atoms with Gasteiger partial charge in [0.05, 0.1) is 6.61 Å². The van der Waals surface area contributed by atoms with Gasteiger partial charge in [0.25, 0.3) is 0 Å². The van der Waals surface area contributed by atoms with Gasteiger partial charge in [-0.2, -0.15) is 0 Å². The standard InChI is InChI=1S/C10H8O/c1-2-8-3-5-9(6-4-8)10-7-11-10/h1,3-6,10H,7H2/t10-/m0/s1. The van der Waals surface area contributed by atoms with E-state index >= 15 is 0 Å². The predicted octanol–water partition coefficient (Wildman–Crippen LogP) is 1.74. The molecule has 1 fully saturated rings. The second-order valence-electron chi connectivity index (χ2n) is 2.59. The Morgan fingerprint density at radius 3 is 2.45 bits per heavy atom. The Hall–Kier alpha value is -1.26. The second kappa shape index (κ2) is 2.41. The molecule has 1 aliphatic heterocycles. The molecule has 54 valence electrons. The number of ether oxygens (including phenoxy) is 1. The summed E-state index contributed by atoms with van der Waals surface area (Å²) in [5, 5.41) is 0. The highest BCUT2D eigenvalue weighted by Gasteiger charge is 2.23. The molecule has 11 heavy (non-hydrogen) atoms. The van der Waals surface area contributed by atoms with E-state index in [0.29, 0.717) is 6.10 Å². The molecule has 1 heterocycles. The van der Waals surface area contributed by atoms with Crippen LogP contribution >= 0.6 is 0 Å². The van der Waals surface area contributed by atoms with Gasteiger partial charge in [0.1, 0.15) is 6.10 Å². The highest BCUT2D eigenvalue weighted by molar-refractivity contribution is 5.35. The van der Waals surface area contributed by atoms with E-state index in [-0.39, 0.29) is 0 Å². The fourth-order valence-electron chi connectivity index (χ4n) is 1.03. The van der Waals surface area contributed by atoms with Crippen LogP contribution in [0.5, 0.6) is 0 Å². The first-order valence-electron chi connectivity index (χ1n) is 3.58. The average molecular weight is 144 g/mol. The van der Waals surface area contributed by atoms with Crippen LogP contribution in [0.15, 0.2) is 24.3 Å². The monoisotopic (exact) mass is 144 g/mol. The minimum atomic E-state index is 0.335. The summed E-state index contributed by atoms with van der Waals surface area (Å²) in [5.41, 5.74) is 2.15. The average Bonchev–Trinajstić information content (AvgIpc) is 2.87. The molecule has 1 heteroatoms. The van der Waals surface area contributed by atoms with Crippen molar-refractivity contribution in [3.63, 3.8) is 0 Å². The zero-order valence-electron chi connectivity index (χ0n) is 6.08. The number of epoxide rings is 1. The number of rotatable bonds is 1. The van der Waals surface area contributed by atoms with Crippen LogP contribution in [0, 0.1) is 12.3 Å². The fraction of sp³-hybridized carbons (Fsp3) is 0.200. The molecule has 2 rings (SSSR count). The van der Waals surface area contributed by atoms with Gasteiger partial charge >= 0.3 is 0 Å². The molecule has 0 spiro atoms. The molecule has 1 aromatic carbocycles. The van der Waals surface area contributed by atoms with Gasteiger partial charge in [0.15, 0.2) is 0 Å². The minimum absolute atomic E-state index is 0.335. The Morgan fingerprint density at radius 1 is 1.36 bits per heavy atom. The van der Waals surface area contributed by atoms with Gasteiger partial charge in [-0.25, -0.2) is 0 Å². The van der Waals surface area contributed by atoms with E-state index in [2.05, 4.69) is 5.92 Å². The van der Waals surface area contributed by atoms with E-state index in [4.69, 9.17) is 11.2 Å². The van der Waals surface area contributed by atoms with Gasteiger partial charge in [-0.3, -0.25) is 0 Å². The summed E-state index contributed by atoms with van der Waals surface area (Å²) in [4.78, 5) is 0. The number of benzene rings is 1. The predicted molar refractivity (Wildman–Crippen MR) is 43.1 cm³/mol. The third-order valence-electron chi connectivity index (χ3n) is 1.78. The smallest absolute Gasteiger partial charge is 0.106 e. The lowest BCUT2D eigenvalue weighted by Gasteiger charge is -1.94. The maximum atomic E-state index is 5.21. The molecule has 0 amide bonds. The van der Waals surface area contributed by atoms with Crippen molar-refractivity contribution in [3.05, 3.63) is 35.4 Å². The van der Waals surface area contributed by atoms with Gasteiger partial charge in [-0.05, 0) is 17.7 Å². The van der Waals surface area contributed by atoms with Crippen LogP contribution in [0.25, 0.3) is 0 Å². The maximum Gasteiger partial charge on any atom is 0.106 e. The summed E-state index contributed by atoms with van der Waals surface area (Å²) < 4.78 is 5.12. The first-order valence-corrected chi connectivity index (χ1v) is 3.58. The maximum absolute atomic E-state index is 5.21. The van der Waals surface area contributed by atoms with Crippen molar-refractivity contribution in [3.8, 4) is 12.3 Å². The lowest BCUT2D eigenvalue weighted by molar-refractivity contribution is 0.415. The van der Waals surface area contributed by atoms with Crippen LogP contribution in [-0.2, 0) is 4.74 Å². The highest BCUT2D eigenvalue weighted by atomic mass is 16.6. The van der Waals surface area contributed by atoms with E-state index in [1.165, 1.54) is 5.56 Å². The molecule has 0 radical (unpaired) electrons. The van der Waals surface area contributed by atoms with E-state index in [1.807, 2.05) is 24.3 Å². The Balaban J connectivity index is 2.27. The molecule has 1 aliphatic rings. The summed E-state index contributed by atoms with van der Waals surface area (Å²) in [6.07, 6.45) is 5.55. The van der Waals surface area contributed by atoms with Crippen LogP contribution in [0.1, 0.15) is 17.2 Å². The molecule has 0 N–H and O–H groups in total. The van der Waals surface area contributed by atoms with Gasteiger partial charge < -0.3 is 4.74 Å². The summed E-state index contributed by atoms with van der Waals surface area (Å²) >= 11 is 0. The minimum Gasteiger partial charge on any atom is -0.368 e. The Kier molecular flexibility index (Phi) is 1.41. The highest BCUT2D eigenvalue weighted by Crippen LogP contribution is 2.29. The zero-order chi connectivity index (χ0) is 7.68. The quantitative estimate of drug-likeness (QED) is 0.432. The molecule has 0 aliphatic carbocycles. The first kappa shape index (κ1) is 6.45. The van der Waals surface area contributed by atoms with Crippen molar-refractivity contribution in [2.45, 2.75) is 6.10 Å². The summed E-state index contributed by atoms with van der Waals surface area (Å²) in [6.45, 7) is 0.857. The first-order chi connectivity index (χ1) is 5.40. The fourth-order valence-corrected chi connectivity index (χ4v) is 1.03. The van der Waals surface area contributed by atoms with Crippen LogP contribution in [-0.4, -0.2) is 6.61 Å². The Bertz CT molecular complexity index is 288. The van der Waals surface area contributed by atoms with Crippen molar-refractivity contribution in [2.24, 2.45) is 0 Å². The number of hydrogen-bond acceptors (Lipinski definition) is 1. The van der Waals surface area contributed by atoms with Crippen LogP contribution < -0.4 is 0 Å². The van der Waals surface area contributed by atoms with E-state index in [0.717, 1.165) is 12.2 Å².